The fraction of sp³-hybridized carbons (Fsp3) is 0.333. The van der Waals surface area contributed by atoms with Gasteiger partial charge in [-0.15, -0.1) is 11.3 Å². The van der Waals surface area contributed by atoms with Crippen LogP contribution in [0.3, 0.4) is 0 Å². The third-order valence-corrected chi connectivity index (χ3v) is 3.74. The van der Waals surface area contributed by atoms with Crippen LogP contribution in [-0.2, 0) is 0 Å². The number of hydrogen-bond acceptors (Lipinski definition) is 5. The molecule has 0 aromatic carbocycles. The number of rotatable bonds is 3. The number of nitrogens with zero attached hydrogens (tertiary/aromatic N) is 2. The van der Waals surface area contributed by atoms with Crippen molar-refractivity contribution in [2.75, 3.05) is 5.32 Å². The zero-order valence-corrected chi connectivity index (χ0v) is 11.1. The molecule has 1 aliphatic carbocycles. The molecule has 0 saturated heterocycles. The van der Waals surface area contributed by atoms with E-state index >= 15 is 0 Å². The van der Waals surface area contributed by atoms with Gasteiger partial charge < -0.3 is 4.98 Å². The lowest BCUT2D eigenvalue weighted by Gasteiger charge is -2.02. The zero-order chi connectivity index (χ0) is 13.4. The van der Waals surface area contributed by atoms with Crippen molar-refractivity contribution < 1.29 is 4.79 Å². The summed E-state index contributed by atoms with van der Waals surface area (Å²) in [6.45, 7) is 1.84. The van der Waals surface area contributed by atoms with Gasteiger partial charge in [-0.2, -0.15) is 0 Å². The first-order valence-corrected chi connectivity index (χ1v) is 6.84. The first-order valence-electron chi connectivity index (χ1n) is 5.96. The second-order valence-corrected chi connectivity index (χ2v) is 5.39. The van der Waals surface area contributed by atoms with Crippen LogP contribution in [0.5, 0.6) is 0 Å². The molecule has 1 amide bonds. The smallest absolute Gasteiger partial charge is 0.264 e. The van der Waals surface area contributed by atoms with Crippen LogP contribution in [0.2, 0.25) is 0 Å². The van der Waals surface area contributed by atoms with E-state index in [2.05, 4.69) is 20.3 Å². The Labute approximate surface area is 112 Å². The fourth-order valence-corrected chi connectivity index (χ4v) is 2.39. The lowest BCUT2D eigenvalue weighted by atomic mass is 10.3. The Kier molecular flexibility index (Phi) is 2.90. The zero-order valence-electron chi connectivity index (χ0n) is 10.3. The summed E-state index contributed by atoms with van der Waals surface area (Å²) >= 11 is 1.32. The molecule has 0 spiro atoms. The number of nitrogens with one attached hydrogen (secondary N) is 2. The summed E-state index contributed by atoms with van der Waals surface area (Å²) in [6.07, 6.45) is 3.43. The molecule has 2 aromatic rings. The number of anilines is 1. The van der Waals surface area contributed by atoms with Crippen molar-refractivity contribution in [2.45, 2.75) is 25.7 Å². The van der Waals surface area contributed by atoms with Gasteiger partial charge in [-0.25, -0.2) is 9.97 Å². The second kappa shape index (κ2) is 4.58. The fourth-order valence-electron chi connectivity index (χ4n) is 1.71. The molecule has 6 nitrogen and oxygen atoms in total. The number of carbonyl (C=O) groups is 1. The minimum absolute atomic E-state index is 0.0113. The van der Waals surface area contributed by atoms with E-state index in [1.807, 2.05) is 12.3 Å². The molecule has 3 rings (SSSR count). The van der Waals surface area contributed by atoms with Crippen molar-refractivity contribution in [2.24, 2.45) is 0 Å². The van der Waals surface area contributed by atoms with Gasteiger partial charge in [-0.05, 0) is 19.8 Å². The summed E-state index contributed by atoms with van der Waals surface area (Å²) in [4.78, 5) is 34.7. The molecule has 1 aliphatic rings. The average molecular weight is 276 g/mol. The standard InChI is InChI=1S/C12H12N4O2S/c1-6-5-19-12(14-6)16-11(18)8-4-13-9(7-2-3-7)15-10(8)17/h4-5,7H,2-3H2,1H3,(H,13,15,17)(H,14,16,18). The van der Waals surface area contributed by atoms with Crippen LogP contribution in [0, 0.1) is 6.92 Å². The van der Waals surface area contributed by atoms with E-state index in [1.165, 1.54) is 17.5 Å². The maximum atomic E-state index is 11.9. The molecular formula is C12H12N4O2S. The van der Waals surface area contributed by atoms with Crippen molar-refractivity contribution in [3.8, 4) is 0 Å². The van der Waals surface area contributed by atoms with Crippen LogP contribution in [0.4, 0.5) is 5.13 Å². The van der Waals surface area contributed by atoms with Crippen molar-refractivity contribution in [1.29, 1.82) is 0 Å². The highest BCUT2D eigenvalue weighted by Gasteiger charge is 2.26. The summed E-state index contributed by atoms with van der Waals surface area (Å²) in [7, 11) is 0. The Hall–Kier alpha value is -2.02. The van der Waals surface area contributed by atoms with E-state index in [0.717, 1.165) is 18.5 Å². The molecule has 98 valence electrons. The molecule has 2 heterocycles. The largest absolute Gasteiger partial charge is 0.310 e. The number of carbonyl (C=O) groups excluding carboxylic acids is 1. The van der Waals surface area contributed by atoms with E-state index in [1.54, 1.807) is 0 Å². The van der Waals surface area contributed by atoms with Crippen LogP contribution in [0.25, 0.3) is 0 Å². The number of hydrogen-bond donors (Lipinski definition) is 2. The minimum Gasteiger partial charge on any atom is -0.310 e. The van der Waals surface area contributed by atoms with Crippen molar-refractivity contribution >= 4 is 22.4 Å². The predicted octanol–water partition coefficient (Wildman–Crippen LogP) is 1.66. The molecule has 19 heavy (non-hydrogen) atoms. The van der Waals surface area contributed by atoms with Crippen LogP contribution >= 0.6 is 11.3 Å². The summed E-state index contributed by atoms with van der Waals surface area (Å²) in [5.41, 5.74) is 0.441. The lowest BCUT2D eigenvalue weighted by Crippen LogP contribution is -2.24. The summed E-state index contributed by atoms with van der Waals surface area (Å²) in [5.74, 6) is 0.545. The maximum absolute atomic E-state index is 11.9. The molecule has 0 atom stereocenters. The molecule has 0 bridgehead atoms. The molecule has 2 N–H and O–H groups in total. The van der Waals surface area contributed by atoms with Crippen molar-refractivity contribution in [3.63, 3.8) is 0 Å². The number of thiazole rings is 1. The molecule has 1 fully saturated rings. The quantitative estimate of drug-likeness (QED) is 0.892. The van der Waals surface area contributed by atoms with Gasteiger partial charge in [0, 0.05) is 17.5 Å². The number of amides is 1. The van der Waals surface area contributed by atoms with Gasteiger partial charge in [0.2, 0.25) is 0 Å². The topological polar surface area (TPSA) is 87.7 Å². The van der Waals surface area contributed by atoms with Crippen molar-refractivity contribution in [3.05, 3.63) is 39.0 Å². The minimum atomic E-state index is -0.481. The van der Waals surface area contributed by atoms with Gasteiger partial charge in [0.15, 0.2) is 5.13 Å². The molecule has 2 aromatic heterocycles. The second-order valence-electron chi connectivity index (χ2n) is 4.53. The maximum Gasteiger partial charge on any atom is 0.264 e. The van der Waals surface area contributed by atoms with Crippen LogP contribution in [-0.4, -0.2) is 20.9 Å². The van der Waals surface area contributed by atoms with E-state index in [9.17, 15) is 9.59 Å². The normalized spacial score (nSPS) is 14.4. The first-order chi connectivity index (χ1) is 9.13. The highest BCUT2D eigenvalue weighted by atomic mass is 32.1. The van der Waals surface area contributed by atoms with Gasteiger partial charge in [0.05, 0.1) is 5.69 Å². The third kappa shape index (κ3) is 2.55. The highest BCUT2D eigenvalue weighted by molar-refractivity contribution is 7.13. The Bertz CT molecular complexity index is 687. The van der Waals surface area contributed by atoms with Crippen LogP contribution < -0.4 is 10.9 Å². The molecular weight excluding hydrogens is 264 g/mol. The average Bonchev–Trinajstić information content (AvgIpc) is 3.14. The van der Waals surface area contributed by atoms with E-state index < -0.39 is 11.5 Å². The van der Waals surface area contributed by atoms with Crippen molar-refractivity contribution in [1.82, 2.24) is 15.0 Å². The van der Waals surface area contributed by atoms with Gasteiger partial charge in [-0.3, -0.25) is 14.9 Å². The third-order valence-electron chi connectivity index (χ3n) is 2.87. The Morgan fingerprint density at radius 3 is 2.89 bits per heavy atom. The highest BCUT2D eigenvalue weighted by Crippen LogP contribution is 2.37. The SMILES string of the molecule is Cc1csc(NC(=O)c2cnc(C3CC3)[nH]c2=O)n1. The van der Waals surface area contributed by atoms with Gasteiger partial charge in [0.25, 0.3) is 11.5 Å². The lowest BCUT2D eigenvalue weighted by molar-refractivity contribution is 0.102. The monoisotopic (exact) mass is 276 g/mol. The summed E-state index contributed by atoms with van der Waals surface area (Å²) < 4.78 is 0. The number of aromatic amines is 1. The van der Waals surface area contributed by atoms with Gasteiger partial charge >= 0.3 is 0 Å². The predicted molar refractivity (Wildman–Crippen MR) is 71.6 cm³/mol. The van der Waals surface area contributed by atoms with Crippen LogP contribution in [0.1, 0.15) is 40.6 Å². The summed E-state index contributed by atoms with van der Waals surface area (Å²) in [6, 6.07) is 0. The van der Waals surface area contributed by atoms with Gasteiger partial charge in [-0.1, -0.05) is 0 Å². The van der Waals surface area contributed by atoms with Gasteiger partial charge in [0.1, 0.15) is 11.4 Å². The number of aryl methyl sites for hydroxylation is 1. The molecule has 0 unspecified atom stereocenters. The Morgan fingerprint density at radius 2 is 2.32 bits per heavy atom. The number of H-pyrrole nitrogens is 1. The van der Waals surface area contributed by atoms with E-state index in [-0.39, 0.29) is 5.56 Å². The van der Waals surface area contributed by atoms with E-state index in [0.29, 0.717) is 16.9 Å². The first kappa shape index (κ1) is 12.0. The number of aromatic nitrogens is 3. The van der Waals surface area contributed by atoms with Crippen LogP contribution in [0.15, 0.2) is 16.4 Å². The molecule has 1 saturated carbocycles. The summed E-state index contributed by atoms with van der Waals surface area (Å²) in [5, 5.41) is 4.90. The van der Waals surface area contributed by atoms with E-state index in [4.69, 9.17) is 0 Å². The Balaban J connectivity index is 1.81. The molecule has 0 aliphatic heterocycles. The molecule has 0 radical (unpaired) electrons. The Morgan fingerprint density at radius 1 is 1.53 bits per heavy atom. The molecule has 7 heteroatoms.